The second kappa shape index (κ2) is 9.54. The molecule has 0 N–H and O–H groups in total. The summed E-state index contributed by atoms with van der Waals surface area (Å²) in [6.07, 6.45) is 2.61. The summed E-state index contributed by atoms with van der Waals surface area (Å²) in [4.78, 5) is 15.0. The van der Waals surface area contributed by atoms with Gasteiger partial charge < -0.3 is 14.4 Å². The van der Waals surface area contributed by atoms with Crippen LogP contribution in [0.25, 0.3) is 5.69 Å². The molecule has 0 unspecified atom stereocenters. The van der Waals surface area contributed by atoms with E-state index < -0.39 is 21.4 Å². The molecule has 0 saturated carbocycles. The highest BCUT2D eigenvalue weighted by atomic mass is 32.2. The standard InChI is InChI=1S/C19H25FN4O5S/c1-3-28-12-13-29-18-17(22-8-10-23(11-9-22)30(2,26)27)14-21-24(19(18)25)16-7-5-4-6-15(16)20/h4-7,14H,3,8-13H2,1-2H3. The summed E-state index contributed by atoms with van der Waals surface area (Å²) in [6.45, 7) is 4.12. The smallest absolute Gasteiger partial charge is 0.316 e. The molecular formula is C19H25FN4O5S. The van der Waals surface area contributed by atoms with Gasteiger partial charge in [-0.15, -0.1) is 0 Å². The predicted molar refractivity (Wildman–Crippen MR) is 110 cm³/mol. The van der Waals surface area contributed by atoms with E-state index in [2.05, 4.69) is 5.10 Å². The summed E-state index contributed by atoms with van der Waals surface area (Å²) in [6, 6.07) is 5.84. The van der Waals surface area contributed by atoms with Crippen molar-refractivity contribution in [2.45, 2.75) is 6.92 Å². The number of nitrogens with zero attached hydrogens (tertiary/aromatic N) is 4. The van der Waals surface area contributed by atoms with Gasteiger partial charge in [0.05, 0.1) is 19.1 Å². The lowest BCUT2D eigenvalue weighted by molar-refractivity contribution is 0.109. The molecule has 0 bridgehead atoms. The Bertz CT molecular complexity index is 1040. The van der Waals surface area contributed by atoms with Gasteiger partial charge in [-0.1, -0.05) is 12.1 Å². The second-order valence-corrected chi connectivity index (χ2v) is 8.70. The molecule has 0 amide bonds. The first-order chi connectivity index (χ1) is 14.3. The minimum absolute atomic E-state index is 0.0191. The Hall–Kier alpha value is -2.50. The van der Waals surface area contributed by atoms with Crippen LogP contribution in [-0.2, 0) is 14.8 Å². The highest BCUT2D eigenvalue weighted by Crippen LogP contribution is 2.26. The number of halogens is 1. The van der Waals surface area contributed by atoms with E-state index in [0.29, 0.717) is 32.0 Å². The third-order valence-electron chi connectivity index (χ3n) is 4.72. The molecule has 1 aliphatic rings. The van der Waals surface area contributed by atoms with Crippen LogP contribution in [0.15, 0.2) is 35.3 Å². The molecule has 164 valence electrons. The van der Waals surface area contributed by atoms with Gasteiger partial charge in [0.25, 0.3) is 0 Å². The van der Waals surface area contributed by atoms with Gasteiger partial charge in [-0.3, -0.25) is 4.79 Å². The molecule has 2 heterocycles. The number of aromatic nitrogens is 2. The molecule has 2 aromatic rings. The first-order valence-corrected chi connectivity index (χ1v) is 11.5. The van der Waals surface area contributed by atoms with E-state index in [9.17, 15) is 17.6 Å². The Morgan fingerprint density at radius 3 is 2.43 bits per heavy atom. The largest absolute Gasteiger partial charge is 0.484 e. The molecule has 0 spiro atoms. The van der Waals surface area contributed by atoms with E-state index in [-0.39, 0.29) is 31.1 Å². The van der Waals surface area contributed by atoms with Crippen molar-refractivity contribution in [3.8, 4) is 11.4 Å². The maximum Gasteiger partial charge on any atom is 0.316 e. The number of ether oxygens (including phenoxy) is 2. The van der Waals surface area contributed by atoms with Crippen LogP contribution in [0.2, 0.25) is 0 Å². The number of rotatable bonds is 8. The van der Waals surface area contributed by atoms with Crippen molar-refractivity contribution in [2.75, 3.05) is 57.2 Å². The molecule has 9 nitrogen and oxygen atoms in total. The lowest BCUT2D eigenvalue weighted by Gasteiger charge is -2.35. The number of piperazine rings is 1. The third-order valence-corrected chi connectivity index (χ3v) is 6.03. The van der Waals surface area contributed by atoms with Crippen molar-refractivity contribution in [2.24, 2.45) is 0 Å². The Morgan fingerprint density at radius 2 is 1.80 bits per heavy atom. The van der Waals surface area contributed by atoms with E-state index in [1.165, 1.54) is 35.0 Å². The van der Waals surface area contributed by atoms with E-state index in [1.807, 2.05) is 11.8 Å². The molecule has 0 aliphatic carbocycles. The average molecular weight is 440 g/mol. The number of benzene rings is 1. The average Bonchev–Trinajstić information content (AvgIpc) is 2.72. The first-order valence-electron chi connectivity index (χ1n) is 9.60. The van der Waals surface area contributed by atoms with Crippen molar-refractivity contribution in [1.29, 1.82) is 0 Å². The quantitative estimate of drug-likeness (QED) is 0.562. The van der Waals surface area contributed by atoms with Gasteiger partial charge >= 0.3 is 5.56 Å². The Labute approximate surface area is 174 Å². The Kier molecular flexibility index (Phi) is 7.06. The molecule has 1 aliphatic heterocycles. The minimum Gasteiger partial charge on any atom is -0.484 e. The maximum absolute atomic E-state index is 14.2. The zero-order valence-electron chi connectivity index (χ0n) is 17.0. The molecule has 11 heteroatoms. The number of hydrogen-bond acceptors (Lipinski definition) is 7. The zero-order chi connectivity index (χ0) is 21.7. The number of sulfonamides is 1. The SMILES string of the molecule is CCOCCOc1c(N2CCN(S(C)(=O)=O)CC2)cnn(-c2ccccc2F)c1=O. The van der Waals surface area contributed by atoms with Crippen molar-refractivity contribution in [3.05, 3.63) is 46.6 Å². The van der Waals surface area contributed by atoms with Gasteiger partial charge in [-0.2, -0.15) is 14.1 Å². The summed E-state index contributed by atoms with van der Waals surface area (Å²) < 4.78 is 51.1. The van der Waals surface area contributed by atoms with Crippen LogP contribution in [0.1, 0.15) is 6.92 Å². The number of hydrogen-bond donors (Lipinski definition) is 0. The van der Waals surface area contributed by atoms with Gasteiger partial charge in [-0.05, 0) is 19.1 Å². The number of anilines is 1. The first kappa shape index (κ1) is 22.2. The van der Waals surface area contributed by atoms with Crippen LogP contribution in [-0.4, -0.2) is 74.8 Å². The fraction of sp³-hybridized carbons (Fsp3) is 0.474. The highest BCUT2D eigenvalue weighted by molar-refractivity contribution is 7.88. The summed E-state index contributed by atoms with van der Waals surface area (Å²) in [5.41, 5.74) is -0.137. The highest BCUT2D eigenvalue weighted by Gasteiger charge is 2.27. The molecule has 1 saturated heterocycles. The van der Waals surface area contributed by atoms with Gasteiger partial charge in [-0.25, -0.2) is 12.8 Å². The lowest BCUT2D eigenvalue weighted by atomic mass is 10.3. The molecule has 1 aromatic carbocycles. The van der Waals surface area contributed by atoms with Gasteiger partial charge in [0.2, 0.25) is 15.8 Å². The third kappa shape index (κ3) is 4.97. The fourth-order valence-electron chi connectivity index (χ4n) is 3.19. The van der Waals surface area contributed by atoms with E-state index in [0.717, 1.165) is 4.68 Å². The number of para-hydroxylation sites is 1. The van der Waals surface area contributed by atoms with E-state index in [1.54, 1.807) is 6.07 Å². The van der Waals surface area contributed by atoms with Crippen LogP contribution in [0.5, 0.6) is 5.75 Å². The lowest BCUT2D eigenvalue weighted by Crippen LogP contribution is -2.48. The van der Waals surface area contributed by atoms with E-state index >= 15 is 0 Å². The molecule has 1 fully saturated rings. The summed E-state index contributed by atoms with van der Waals surface area (Å²) in [7, 11) is -3.28. The van der Waals surface area contributed by atoms with Crippen LogP contribution < -0.4 is 15.2 Å². The predicted octanol–water partition coefficient (Wildman–Crippen LogP) is 0.869. The molecule has 3 rings (SSSR count). The van der Waals surface area contributed by atoms with Crippen LogP contribution in [0.4, 0.5) is 10.1 Å². The topological polar surface area (TPSA) is 94.0 Å². The molecule has 0 atom stereocenters. The van der Waals surface area contributed by atoms with Gasteiger partial charge in [0, 0.05) is 32.8 Å². The monoisotopic (exact) mass is 440 g/mol. The minimum atomic E-state index is -3.28. The van der Waals surface area contributed by atoms with Crippen molar-refractivity contribution in [1.82, 2.24) is 14.1 Å². The van der Waals surface area contributed by atoms with Crippen molar-refractivity contribution in [3.63, 3.8) is 0 Å². The zero-order valence-corrected chi connectivity index (χ0v) is 17.8. The Morgan fingerprint density at radius 1 is 1.10 bits per heavy atom. The molecule has 30 heavy (non-hydrogen) atoms. The van der Waals surface area contributed by atoms with Crippen molar-refractivity contribution < 1.29 is 22.3 Å². The summed E-state index contributed by atoms with van der Waals surface area (Å²) in [5, 5.41) is 4.14. The molecule has 1 aromatic heterocycles. The van der Waals surface area contributed by atoms with Gasteiger partial charge in [0.15, 0.2) is 0 Å². The van der Waals surface area contributed by atoms with E-state index in [4.69, 9.17) is 9.47 Å². The normalized spacial score (nSPS) is 15.4. The summed E-state index contributed by atoms with van der Waals surface area (Å²) in [5.74, 6) is -0.553. The van der Waals surface area contributed by atoms with Crippen LogP contribution in [0.3, 0.4) is 0 Å². The van der Waals surface area contributed by atoms with Crippen molar-refractivity contribution >= 4 is 15.7 Å². The second-order valence-electron chi connectivity index (χ2n) is 6.72. The maximum atomic E-state index is 14.2. The molecule has 0 radical (unpaired) electrons. The molecular weight excluding hydrogens is 415 g/mol. The van der Waals surface area contributed by atoms with Gasteiger partial charge in [0.1, 0.15) is 23.8 Å². The van der Waals surface area contributed by atoms with Crippen LogP contribution >= 0.6 is 0 Å². The fourth-order valence-corrected chi connectivity index (χ4v) is 4.02. The Balaban J connectivity index is 1.93. The van der Waals surface area contributed by atoms with Crippen LogP contribution in [0, 0.1) is 5.82 Å². The summed E-state index contributed by atoms with van der Waals surface area (Å²) >= 11 is 0.